The molecule has 0 aliphatic carbocycles. The first-order chi connectivity index (χ1) is 10.6. The van der Waals surface area contributed by atoms with Crippen molar-refractivity contribution < 1.29 is 4.79 Å². The molecule has 2 atom stereocenters. The first-order valence-corrected chi connectivity index (χ1v) is 8.11. The summed E-state index contributed by atoms with van der Waals surface area (Å²) >= 11 is 0. The number of anilines is 1. The monoisotopic (exact) mass is 296 g/mol. The van der Waals surface area contributed by atoms with Gasteiger partial charge in [0.15, 0.2) is 0 Å². The highest BCUT2D eigenvalue weighted by atomic mass is 16.2. The van der Waals surface area contributed by atoms with Gasteiger partial charge in [-0.1, -0.05) is 44.2 Å². The maximum atomic E-state index is 12.3. The van der Waals surface area contributed by atoms with Crippen LogP contribution in [-0.4, -0.2) is 30.4 Å². The van der Waals surface area contributed by atoms with E-state index in [1.807, 2.05) is 24.3 Å². The lowest BCUT2D eigenvalue weighted by molar-refractivity contribution is -0.117. The fraction of sp³-hybridized carbons (Fsp3) is 0.421. The predicted molar refractivity (Wildman–Crippen MR) is 92.0 cm³/mol. The van der Waals surface area contributed by atoms with Crippen molar-refractivity contribution in [2.75, 3.05) is 25.0 Å². The molecule has 0 bridgehead atoms. The highest BCUT2D eigenvalue weighted by Gasteiger charge is 2.23. The van der Waals surface area contributed by atoms with Gasteiger partial charge in [-0.3, -0.25) is 9.69 Å². The Kier molecular flexibility index (Phi) is 4.44. The number of carbonyl (C=O) groups excluding carboxylic acids is 1. The van der Waals surface area contributed by atoms with Crippen molar-refractivity contribution in [3.05, 3.63) is 42.5 Å². The van der Waals surface area contributed by atoms with Gasteiger partial charge in [-0.2, -0.15) is 0 Å². The number of amides is 1. The maximum absolute atomic E-state index is 12.3. The van der Waals surface area contributed by atoms with Gasteiger partial charge < -0.3 is 5.32 Å². The Bertz CT molecular complexity index is 657. The van der Waals surface area contributed by atoms with Gasteiger partial charge in [0, 0.05) is 18.8 Å². The molecule has 2 aromatic carbocycles. The molecule has 1 heterocycles. The molecule has 3 rings (SSSR count). The lowest BCUT2D eigenvalue weighted by Crippen LogP contribution is -2.42. The number of hydrogen-bond acceptors (Lipinski definition) is 2. The molecule has 0 aromatic heterocycles. The quantitative estimate of drug-likeness (QED) is 0.935. The van der Waals surface area contributed by atoms with Crippen molar-refractivity contribution in [1.29, 1.82) is 0 Å². The van der Waals surface area contributed by atoms with E-state index in [4.69, 9.17) is 0 Å². The van der Waals surface area contributed by atoms with Gasteiger partial charge in [0.05, 0.1) is 6.54 Å². The zero-order chi connectivity index (χ0) is 15.5. The Hall–Kier alpha value is -1.87. The Balaban J connectivity index is 1.63. The van der Waals surface area contributed by atoms with Gasteiger partial charge in [-0.05, 0) is 41.2 Å². The minimum absolute atomic E-state index is 0.0802. The van der Waals surface area contributed by atoms with Gasteiger partial charge in [0.1, 0.15) is 0 Å². The molecule has 3 nitrogen and oxygen atoms in total. The number of rotatable bonds is 3. The van der Waals surface area contributed by atoms with Crippen LogP contribution in [0.1, 0.15) is 20.3 Å². The van der Waals surface area contributed by atoms with Crippen LogP contribution in [0, 0.1) is 11.8 Å². The highest BCUT2D eigenvalue weighted by molar-refractivity contribution is 5.95. The summed E-state index contributed by atoms with van der Waals surface area (Å²) in [6, 6.07) is 14.3. The van der Waals surface area contributed by atoms with Crippen LogP contribution < -0.4 is 5.32 Å². The molecule has 116 valence electrons. The fourth-order valence-electron chi connectivity index (χ4n) is 3.59. The van der Waals surface area contributed by atoms with E-state index >= 15 is 0 Å². The normalized spacial score (nSPS) is 22.6. The number of nitrogens with one attached hydrogen (secondary N) is 1. The van der Waals surface area contributed by atoms with Crippen LogP contribution in [0.15, 0.2) is 42.5 Å². The number of carbonyl (C=O) groups is 1. The SMILES string of the molecule is C[C@@H]1C[C@H](C)CN(CC(=O)Nc2ccc3ccccc3c2)C1. The van der Waals surface area contributed by atoms with Crippen LogP contribution in [-0.2, 0) is 4.79 Å². The van der Waals surface area contributed by atoms with E-state index in [1.165, 1.54) is 11.8 Å². The Morgan fingerprint density at radius 2 is 1.77 bits per heavy atom. The van der Waals surface area contributed by atoms with Gasteiger partial charge in [0.25, 0.3) is 0 Å². The molecule has 0 radical (unpaired) electrons. The molecule has 3 heteroatoms. The molecule has 0 saturated carbocycles. The minimum atomic E-state index is 0.0802. The highest BCUT2D eigenvalue weighted by Crippen LogP contribution is 2.21. The standard InChI is InChI=1S/C19H24N2O/c1-14-9-15(2)12-21(11-14)13-19(22)20-18-8-7-16-5-3-4-6-17(16)10-18/h3-8,10,14-15H,9,11-13H2,1-2H3,(H,20,22)/t14-,15+. The minimum Gasteiger partial charge on any atom is -0.325 e. The van der Waals surface area contributed by atoms with E-state index < -0.39 is 0 Å². The second-order valence-electron chi connectivity index (χ2n) is 6.75. The summed E-state index contributed by atoms with van der Waals surface area (Å²) < 4.78 is 0. The first kappa shape index (κ1) is 15.0. The molecular weight excluding hydrogens is 272 g/mol. The maximum Gasteiger partial charge on any atom is 0.238 e. The predicted octanol–water partition coefficient (Wildman–Crippen LogP) is 3.76. The number of nitrogens with zero attached hydrogens (tertiary/aromatic N) is 1. The van der Waals surface area contributed by atoms with Crippen LogP contribution in [0.4, 0.5) is 5.69 Å². The molecule has 22 heavy (non-hydrogen) atoms. The summed E-state index contributed by atoms with van der Waals surface area (Å²) in [4.78, 5) is 14.6. The van der Waals surface area contributed by atoms with E-state index in [2.05, 4.69) is 42.3 Å². The van der Waals surface area contributed by atoms with Gasteiger partial charge >= 0.3 is 0 Å². The van der Waals surface area contributed by atoms with E-state index in [0.717, 1.165) is 24.2 Å². The average molecular weight is 296 g/mol. The lowest BCUT2D eigenvalue weighted by atomic mass is 9.92. The number of benzene rings is 2. The van der Waals surface area contributed by atoms with Crippen molar-refractivity contribution >= 4 is 22.4 Å². The average Bonchev–Trinajstić information content (AvgIpc) is 2.45. The molecule has 0 unspecified atom stereocenters. The van der Waals surface area contributed by atoms with Crippen LogP contribution in [0.25, 0.3) is 10.8 Å². The number of piperidine rings is 1. The number of hydrogen-bond donors (Lipinski definition) is 1. The van der Waals surface area contributed by atoms with Crippen LogP contribution in [0.5, 0.6) is 0 Å². The molecule has 1 aliphatic heterocycles. The van der Waals surface area contributed by atoms with Crippen LogP contribution in [0.3, 0.4) is 0 Å². The fourth-order valence-corrected chi connectivity index (χ4v) is 3.59. The van der Waals surface area contributed by atoms with E-state index in [1.54, 1.807) is 0 Å². The van der Waals surface area contributed by atoms with Gasteiger partial charge in [0.2, 0.25) is 5.91 Å². The van der Waals surface area contributed by atoms with Crippen molar-refractivity contribution in [1.82, 2.24) is 4.90 Å². The third-order valence-electron chi connectivity index (χ3n) is 4.34. The Labute approximate surface area is 132 Å². The van der Waals surface area contributed by atoms with E-state index in [9.17, 15) is 4.79 Å². The summed E-state index contributed by atoms with van der Waals surface area (Å²) in [5.74, 6) is 1.44. The largest absolute Gasteiger partial charge is 0.325 e. The third kappa shape index (κ3) is 3.66. The molecule has 1 amide bonds. The molecule has 1 fully saturated rings. The molecule has 1 saturated heterocycles. The summed E-state index contributed by atoms with van der Waals surface area (Å²) in [5.41, 5.74) is 0.877. The van der Waals surface area contributed by atoms with Crippen molar-refractivity contribution in [2.24, 2.45) is 11.8 Å². The van der Waals surface area contributed by atoms with Gasteiger partial charge in [-0.15, -0.1) is 0 Å². The van der Waals surface area contributed by atoms with E-state index in [0.29, 0.717) is 18.4 Å². The summed E-state index contributed by atoms with van der Waals surface area (Å²) in [5, 5.41) is 5.38. The second-order valence-corrected chi connectivity index (χ2v) is 6.75. The van der Waals surface area contributed by atoms with Crippen molar-refractivity contribution in [3.8, 4) is 0 Å². The number of fused-ring (bicyclic) bond motifs is 1. The topological polar surface area (TPSA) is 32.3 Å². The summed E-state index contributed by atoms with van der Waals surface area (Å²) in [6.07, 6.45) is 1.27. The summed E-state index contributed by atoms with van der Waals surface area (Å²) in [6.45, 7) is 7.07. The third-order valence-corrected chi connectivity index (χ3v) is 4.34. The Morgan fingerprint density at radius 1 is 1.09 bits per heavy atom. The van der Waals surface area contributed by atoms with Crippen LogP contribution in [0.2, 0.25) is 0 Å². The molecule has 1 N–H and O–H groups in total. The zero-order valence-corrected chi connectivity index (χ0v) is 13.4. The first-order valence-electron chi connectivity index (χ1n) is 8.11. The van der Waals surface area contributed by atoms with Gasteiger partial charge in [-0.25, -0.2) is 0 Å². The molecule has 2 aromatic rings. The molecule has 1 aliphatic rings. The van der Waals surface area contributed by atoms with Crippen molar-refractivity contribution in [3.63, 3.8) is 0 Å². The second kappa shape index (κ2) is 6.49. The Morgan fingerprint density at radius 3 is 2.50 bits per heavy atom. The van der Waals surface area contributed by atoms with Crippen molar-refractivity contribution in [2.45, 2.75) is 20.3 Å². The number of likely N-dealkylation sites (tertiary alicyclic amines) is 1. The van der Waals surface area contributed by atoms with Crippen LogP contribution >= 0.6 is 0 Å². The van der Waals surface area contributed by atoms with E-state index in [-0.39, 0.29) is 5.91 Å². The smallest absolute Gasteiger partial charge is 0.238 e. The lowest BCUT2D eigenvalue weighted by Gasteiger charge is -2.34. The molecule has 0 spiro atoms. The zero-order valence-electron chi connectivity index (χ0n) is 13.4. The summed E-state index contributed by atoms with van der Waals surface area (Å²) in [7, 11) is 0. The molecular formula is C19H24N2O.